The molecule has 0 bridgehead atoms. The number of halogens is 1. The van der Waals surface area contributed by atoms with Gasteiger partial charge in [-0.25, -0.2) is 0 Å². The molecule has 0 saturated heterocycles. The molecule has 3 aromatic rings. The van der Waals surface area contributed by atoms with Crippen LogP contribution in [0.2, 0.25) is 0 Å². The maximum atomic E-state index is 5.17. The summed E-state index contributed by atoms with van der Waals surface area (Å²) in [6.45, 7) is 2.88. The van der Waals surface area contributed by atoms with Gasteiger partial charge in [-0.05, 0) is 48.4 Å². The minimum Gasteiger partial charge on any atom is -0.423 e. The summed E-state index contributed by atoms with van der Waals surface area (Å²) in [6.07, 6.45) is 1.33. The van der Waals surface area contributed by atoms with Crippen molar-refractivity contribution in [1.29, 1.82) is 0 Å². The number of benzene rings is 2. The van der Waals surface area contributed by atoms with E-state index in [-0.39, 0.29) is 0 Å². The highest BCUT2D eigenvalue weighted by Crippen LogP contribution is 2.20. The summed E-state index contributed by atoms with van der Waals surface area (Å²) < 4.78 is 6.30. The second-order valence-corrected chi connectivity index (χ2v) is 5.61. The molecule has 0 amide bonds. The van der Waals surface area contributed by atoms with Crippen LogP contribution in [0.25, 0.3) is 11.5 Å². The van der Waals surface area contributed by atoms with E-state index >= 15 is 0 Å². The lowest BCUT2D eigenvalue weighted by atomic mass is 10.1. The summed E-state index contributed by atoms with van der Waals surface area (Å²) in [7, 11) is 0. The molecule has 4 nitrogen and oxygen atoms in total. The Kier molecular flexibility index (Phi) is 4.01. The first-order valence-electron chi connectivity index (χ1n) is 6.58. The van der Waals surface area contributed by atoms with Gasteiger partial charge in [-0.3, -0.25) is 0 Å². The minimum atomic E-state index is 0.532. The SMILES string of the molecule is Cc1cc(CNc2ccc(-c3nnco3)cc2)ccc1Br. The summed E-state index contributed by atoms with van der Waals surface area (Å²) in [4.78, 5) is 0. The van der Waals surface area contributed by atoms with Crippen molar-refractivity contribution in [3.05, 3.63) is 64.5 Å². The molecule has 3 rings (SSSR count). The molecule has 1 aromatic heterocycles. The zero-order chi connectivity index (χ0) is 14.7. The molecule has 0 spiro atoms. The lowest BCUT2D eigenvalue weighted by Gasteiger charge is -2.08. The van der Waals surface area contributed by atoms with Crippen molar-refractivity contribution >= 4 is 21.6 Å². The average molecular weight is 344 g/mol. The second-order valence-electron chi connectivity index (χ2n) is 4.76. The van der Waals surface area contributed by atoms with Crippen LogP contribution in [0.15, 0.2) is 57.7 Å². The summed E-state index contributed by atoms with van der Waals surface area (Å²) in [5.74, 6) is 0.532. The first-order chi connectivity index (χ1) is 10.2. The Balaban J connectivity index is 1.66. The lowest BCUT2D eigenvalue weighted by molar-refractivity contribution is 0.568. The van der Waals surface area contributed by atoms with Gasteiger partial charge in [0.05, 0.1) is 0 Å². The van der Waals surface area contributed by atoms with E-state index < -0.39 is 0 Å². The molecule has 21 heavy (non-hydrogen) atoms. The van der Waals surface area contributed by atoms with Gasteiger partial charge < -0.3 is 9.73 Å². The maximum absolute atomic E-state index is 5.17. The number of anilines is 1. The topological polar surface area (TPSA) is 51.0 Å². The molecule has 1 heterocycles. The molecule has 0 radical (unpaired) electrons. The summed E-state index contributed by atoms with van der Waals surface area (Å²) in [5.41, 5.74) is 4.45. The fourth-order valence-corrected chi connectivity index (χ4v) is 2.30. The van der Waals surface area contributed by atoms with Crippen LogP contribution in [-0.2, 0) is 6.54 Å². The van der Waals surface area contributed by atoms with Crippen LogP contribution in [0.4, 0.5) is 5.69 Å². The average Bonchev–Trinajstić information content (AvgIpc) is 3.03. The zero-order valence-corrected chi connectivity index (χ0v) is 13.1. The fraction of sp³-hybridized carbons (Fsp3) is 0.125. The third kappa shape index (κ3) is 3.31. The lowest BCUT2D eigenvalue weighted by Crippen LogP contribution is -1.99. The number of aromatic nitrogens is 2. The number of rotatable bonds is 4. The molecule has 1 N–H and O–H groups in total. The van der Waals surface area contributed by atoms with E-state index in [1.807, 2.05) is 24.3 Å². The number of aryl methyl sites for hydroxylation is 1. The molecule has 5 heteroatoms. The Bertz CT molecular complexity index is 724. The number of hydrogen-bond acceptors (Lipinski definition) is 4. The Morgan fingerprint density at radius 3 is 2.62 bits per heavy atom. The summed E-state index contributed by atoms with van der Waals surface area (Å²) in [6, 6.07) is 14.3. The van der Waals surface area contributed by atoms with E-state index in [4.69, 9.17) is 4.42 Å². The van der Waals surface area contributed by atoms with Crippen molar-refractivity contribution < 1.29 is 4.42 Å². The van der Waals surface area contributed by atoms with E-state index in [0.717, 1.165) is 22.3 Å². The van der Waals surface area contributed by atoms with Crippen molar-refractivity contribution in [2.45, 2.75) is 13.5 Å². The van der Waals surface area contributed by atoms with Crippen molar-refractivity contribution in [2.75, 3.05) is 5.32 Å². The summed E-state index contributed by atoms with van der Waals surface area (Å²) >= 11 is 3.51. The van der Waals surface area contributed by atoms with Gasteiger partial charge in [-0.15, -0.1) is 10.2 Å². The number of hydrogen-bond donors (Lipinski definition) is 1. The summed E-state index contributed by atoms with van der Waals surface area (Å²) in [5, 5.41) is 11.0. The fourth-order valence-electron chi connectivity index (χ4n) is 2.05. The van der Waals surface area contributed by atoms with Gasteiger partial charge in [-0.1, -0.05) is 28.1 Å². The van der Waals surface area contributed by atoms with Crippen molar-refractivity contribution in [3.63, 3.8) is 0 Å². The normalized spacial score (nSPS) is 10.6. The highest BCUT2D eigenvalue weighted by molar-refractivity contribution is 9.10. The first-order valence-corrected chi connectivity index (χ1v) is 7.37. The van der Waals surface area contributed by atoms with E-state index in [2.05, 4.69) is 56.6 Å². The van der Waals surface area contributed by atoms with Crippen LogP contribution < -0.4 is 5.32 Å². The van der Waals surface area contributed by atoms with Gasteiger partial charge in [0.15, 0.2) is 0 Å². The van der Waals surface area contributed by atoms with Crippen LogP contribution >= 0.6 is 15.9 Å². The van der Waals surface area contributed by atoms with Crippen molar-refractivity contribution in [1.82, 2.24) is 10.2 Å². The molecule has 0 saturated carbocycles. The Morgan fingerprint density at radius 1 is 1.14 bits per heavy atom. The molecule has 106 valence electrons. The molecule has 0 unspecified atom stereocenters. The van der Waals surface area contributed by atoms with E-state index in [1.165, 1.54) is 17.5 Å². The Hall–Kier alpha value is -2.14. The highest BCUT2D eigenvalue weighted by Gasteiger charge is 2.03. The van der Waals surface area contributed by atoms with Crippen molar-refractivity contribution in [2.24, 2.45) is 0 Å². The largest absolute Gasteiger partial charge is 0.423 e. The Morgan fingerprint density at radius 2 is 1.95 bits per heavy atom. The van der Waals surface area contributed by atoms with Crippen LogP contribution in [-0.4, -0.2) is 10.2 Å². The van der Waals surface area contributed by atoms with Crippen LogP contribution in [0.3, 0.4) is 0 Å². The molecule has 0 fully saturated rings. The zero-order valence-electron chi connectivity index (χ0n) is 11.5. The molecule has 0 aliphatic rings. The molecule has 2 aromatic carbocycles. The van der Waals surface area contributed by atoms with Gasteiger partial charge in [0.2, 0.25) is 12.3 Å². The van der Waals surface area contributed by atoms with E-state index in [9.17, 15) is 0 Å². The number of nitrogens with one attached hydrogen (secondary N) is 1. The third-order valence-electron chi connectivity index (χ3n) is 3.21. The molecule has 0 aliphatic carbocycles. The van der Waals surface area contributed by atoms with Crippen molar-refractivity contribution in [3.8, 4) is 11.5 Å². The predicted molar refractivity (Wildman–Crippen MR) is 85.9 cm³/mol. The van der Waals surface area contributed by atoms with Gasteiger partial charge in [0.1, 0.15) is 0 Å². The van der Waals surface area contributed by atoms with Gasteiger partial charge >= 0.3 is 0 Å². The third-order valence-corrected chi connectivity index (χ3v) is 4.10. The van der Waals surface area contributed by atoms with E-state index in [0.29, 0.717) is 5.89 Å². The molecular weight excluding hydrogens is 330 g/mol. The van der Waals surface area contributed by atoms with Crippen LogP contribution in [0.1, 0.15) is 11.1 Å². The standard InChI is InChI=1S/C16H14BrN3O/c1-11-8-12(2-7-15(11)17)9-18-14-5-3-13(4-6-14)16-20-19-10-21-16/h2-8,10,18H,9H2,1H3. The first kappa shape index (κ1) is 13.8. The smallest absolute Gasteiger partial charge is 0.247 e. The van der Waals surface area contributed by atoms with Crippen LogP contribution in [0, 0.1) is 6.92 Å². The molecule has 0 aliphatic heterocycles. The predicted octanol–water partition coefficient (Wildman–Crippen LogP) is 4.42. The molecule has 0 atom stereocenters. The number of nitrogens with zero attached hydrogens (tertiary/aromatic N) is 2. The van der Waals surface area contributed by atoms with Gasteiger partial charge in [-0.2, -0.15) is 0 Å². The second kappa shape index (κ2) is 6.10. The highest BCUT2D eigenvalue weighted by atomic mass is 79.9. The van der Waals surface area contributed by atoms with Crippen LogP contribution in [0.5, 0.6) is 0 Å². The van der Waals surface area contributed by atoms with Gasteiger partial charge in [0, 0.05) is 22.3 Å². The monoisotopic (exact) mass is 343 g/mol. The quantitative estimate of drug-likeness (QED) is 0.761. The van der Waals surface area contributed by atoms with Gasteiger partial charge in [0.25, 0.3) is 0 Å². The Labute approximate surface area is 131 Å². The molecular formula is C16H14BrN3O. The maximum Gasteiger partial charge on any atom is 0.247 e. The minimum absolute atomic E-state index is 0.532. The van der Waals surface area contributed by atoms with E-state index in [1.54, 1.807) is 0 Å².